The molecule has 2 aliphatic rings. The number of carbonyl (C=O) groups excluding carboxylic acids is 2. The van der Waals surface area contributed by atoms with Crippen LogP contribution >= 0.6 is 0 Å². The SMILES string of the molecule is CN(C)c1ccc(CNC(=O)[C@H]2CCCN(C(=O)C3CC3)C2)cc1. The number of anilines is 1. The molecule has 0 spiro atoms. The van der Waals surface area contributed by atoms with Crippen molar-refractivity contribution in [2.24, 2.45) is 11.8 Å². The Hall–Kier alpha value is -2.04. The van der Waals surface area contributed by atoms with Crippen LogP contribution in [0.4, 0.5) is 5.69 Å². The first-order valence-electron chi connectivity index (χ1n) is 8.87. The van der Waals surface area contributed by atoms with Crippen LogP contribution < -0.4 is 10.2 Å². The first kappa shape index (κ1) is 16.8. The van der Waals surface area contributed by atoms with Crippen molar-refractivity contribution < 1.29 is 9.59 Å². The summed E-state index contributed by atoms with van der Waals surface area (Å²) in [5, 5.41) is 3.03. The Morgan fingerprint density at radius 2 is 1.83 bits per heavy atom. The Bertz CT molecular complexity index is 593. The largest absolute Gasteiger partial charge is 0.378 e. The number of carbonyl (C=O) groups is 2. The summed E-state index contributed by atoms with van der Waals surface area (Å²) in [6.45, 7) is 1.94. The van der Waals surface area contributed by atoms with Crippen molar-refractivity contribution >= 4 is 17.5 Å². The maximum Gasteiger partial charge on any atom is 0.225 e. The van der Waals surface area contributed by atoms with Gasteiger partial charge in [-0.05, 0) is 43.4 Å². The van der Waals surface area contributed by atoms with Crippen molar-refractivity contribution in [1.29, 1.82) is 0 Å². The Morgan fingerprint density at radius 3 is 2.46 bits per heavy atom. The van der Waals surface area contributed by atoms with Gasteiger partial charge in [0.1, 0.15) is 0 Å². The molecule has 1 heterocycles. The zero-order valence-electron chi connectivity index (χ0n) is 14.6. The van der Waals surface area contributed by atoms with E-state index in [4.69, 9.17) is 0 Å². The summed E-state index contributed by atoms with van der Waals surface area (Å²) in [6, 6.07) is 8.19. The summed E-state index contributed by atoms with van der Waals surface area (Å²) < 4.78 is 0. The maximum atomic E-state index is 12.4. The van der Waals surface area contributed by atoms with Gasteiger partial charge in [-0.25, -0.2) is 0 Å². The monoisotopic (exact) mass is 329 g/mol. The molecule has 0 radical (unpaired) electrons. The number of rotatable bonds is 5. The van der Waals surface area contributed by atoms with Gasteiger partial charge in [0.2, 0.25) is 11.8 Å². The lowest BCUT2D eigenvalue weighted by molar-refractivity contribution is -0.136. The summed E-state index contributed by atoms with van der Waals surface area (Å²) in [5.74, 6) is 0.497. The van der Waals surface area contributed by atoms with Gasteiger partial charge in [-0.15, -0.1) is 0 Å². The molecule has 3 rings (SSSR count). The number of benzene rings is 1. The third kappa shape index (κ3) is 4.08. The second-order valence-electron chi connectivity index (χ2n) is 7.18. The zero-order chi connectivity index (χ0) is 17.1. The minimum Gasteiger partial charge on any atom is -0.378 e. The Labute approximate surface area is 144 Å². The van der Waals surface area contributed by atoms with Crippen molar-refractivity contribution in [3.8, 4) is 0 Å². The molecule has 1 atom stereocenters. The summed E-state index contributed by atoms with van der Waals surface area (Å²) in [5.41, 5.74) is 2.24. The van der Waals surface area contributed by atoms with E-state index >= 15 is 0 Å². The lowest BCUT2D eigenvalue weighted by atomic mass is 9.96. The van der Waals surface area contributed by atoms with Gasteiger partial charge in [0, 0.05) is 45.3 Å². The second-order valence-corrected chi connectivity index (χ2v) is 7.18. The second kappa shape index (κ2) is 7.24. The van der Waals surface area contributed by atoms with Crippen molar-refractivity contribution in [3.63, 3.8) is 0 Å². The predicted octanol–water partition coefficient (Wildman–Crippen LogP) is 2.02. The third-order valence-electron chi connectivity index (χ3n) is 4.95. The molecule has 1 saturated carbocycles. The van der Waals surface area contributed by atoms with E-state index in [-0.39, 0.29) is 23.7 Å². The number of piperidine rings is 1. The molecule has 1 saturated heterocycles. The van der Waals surface area contributed by atoms with E-state index in [1.54, 1.807) is 0 Å². The van der Waals surface area contributed by atoms with Crippen LogP contribution in [0.2, 0.25) is 0 Å². The number of hydrogen-bond acceptors (Lipinski definition) is 3. The smallest absolute Gasteiger partial charge is 0.225 e. The lowest BCUT2D eigenvalue weighted by Crippen LogP contribution is -2.45. The maximum absolute atomic E-state index is 12.4. The van der Waals surface area contributed by atoms with E-state index in [0.717, 1.165) is 43.5 Å². The molecular weight excluding hydrogens is 302 g/mol. The molecule has 0 bridgehead atoms. The highest BCUT2D eigenvalue weighted by molar-refractivity contribution is 5.83. The van der Waals surface area contributed by atoms with Crippen molar-refractivity contribution in [1.82, 2.24) is 10.2 Å². The molecule has 1 aliphatic heterocycles. The summed E-state index contributed by atoms with van der Waals surface area (Å²) in [7, 11) is 4.02. The molecule has 0 unspecified atom stereocenters. The van der Waals surface area contributed by atoms with Gasteiger partial charge >= 0.3 is 0 Å². The fraction of sp³-hybridized carbons (Fsp3) is 0.579. The van der Waals surface area contributed by atoms with E-state index in [1.807, 2.05) is 31.1 Å². The van der Waals surface area contributed by atoms with Gasteiger partial charge in [-0.3, -0.25) is 9.59 Å². The molecule has 5 nitrogen and oxygen atoms in total. The molecule has 1 N–H and O–H groups in total. The number of nitrogens with zero attached hydrogens (tertiary/aromatic N) is 2. The molecule has 2 amide bonds. The van der Waals surface area contributed by atoms with Gasteiger partial charge in [-0.2, -0.15) is 0 Å². The molecule has 24 heavy (non-hydrogen) atoms. The topological polar surface area (TPSA) is 52.7 Å². The van der Waals surface area contributed by atoms with Crippen LogP contribution in [0.15, 0.2) is 24.3 Å². The minimum atomic E-state index is -0.0671. The van der Waals surface area contributed by atoms with Crippen molar-refractivity contribution in [3.05, 3.63) is 29.8 Å². The molecule has 2 fully saturated rings. The van der Waals surface area contributed by atoms with Gasteiger partial charge in [0.05, 0.1) is 5.92 Å². The van der Waals surface area contributed by atoms with Crippen molar-refractivity contribution in [2.75, 3.05) is 32.1 Å². The molecule has 1 aliphatic carbocycles. The van der Waals surface area contributed by atoms with Crippen LogP contribution in [0.3, 0.4) is 0 Å². The molecular formula is C19H27N3O2. The summed E-state index contributed by atoms with van der Waals surface area (Å²) in [4.78, 5) is 28.6. The average Bonchev–Trinajstić information content (AvgIpc) is 3.44. The first-order chi connectivity index (χ1) is 11.5. The third-order valence-corrected chi connectivity index (χ3v) is 4.95. The van der Waals surface area contributed by atoms with Crippen LogP contribution in [0.5, 0.6) is 0 Å². The molecule has 1 aromatic rings. The van der Waals surface area contributed by atoms with Crippen molar-refractivity contribution in [2.45, 2.75) is 32.2 Å². The highest BCUT2D eigenvalue weighted by atomic mass is 16.2. The van der Waals surface area contributed by atoms with Crippen LogP contribution in [0.1, 0.15) is 31.2 Å². The Balaban J connectivity index is 1.49. The highest BCUT2D eigenvalue weighted by Gasteiger charge is 2.36. The highest BCUT2D eigenvalue weighted by Crippen LogP contribution is 2.32. The van der Waals surface area contributed by atoms with Crippen LogP contribution in [0.25, 0.3) is 0 Å². The number of amides is 2. The quantitative estimate of drug-likeness (QED) is 0.899. The van der Waals surface area contributed by atoms with Crippen LogP contribution in [-0.2, 0) is 16.1 Å². The molecule has 1 aromatic carbocycles. The zero-order valence-corrected chi connectivity index (χ0v) is 14.6. The number of nitrogens with one attached hydrogen (secondary N) is 1. The minimum absolute atomic E-state index is 0.0671. The van der Waals surface area contributed by atoms with E-state index < -0.39 is 0 Å². The Morgan fingerprint density at radius 1 is 1.12 bits per heavy atom. The Kier molecular flexibility index (Phi) is 5.07. The summed E-state index contributed by atoms with van der Waals surface area (Å²) >= 11 is 0. The number of likely N-dealkylation sites (tertiary alicyclic amines) is 1. The van der Waals surface area contributed by atoms with Gasteiger partial charge in [0.25, 0.3) is 0 Å². The van der Waals surface area contributed by atoms with E-state index in [0.29, 0.717) is 13.1 Å². The molecule has 5 heteroatoms. The lowest BCUT2D eigenvalue weighted by Gasteiger charge is -2.32. The normalized spacial score (nSPS) is 20.6. The van der Waals surface area contributed by atoms with E-state index in [1.165, 1.54) is 0 Å². The van der Waals surface area contributed by atoms with Crippen LogP contribution in [0, 0.1) is 11.8 Å². The van der Waals surface area contributed by atoms with Crippen LogP contribution in [-0.4, -0.2) is 43.9 Å². The first-order valence-corrected chi connectivity index (χ1v) is 8.87. The van der Waals surface area contributed by atoms with E-state index in [9.17, 15) is 9.59 Å². The van der Waals surface area contributed by atoms with Gasteiger partial charge < -0.3 is 15.1 Å². The average molecular weight is 329 g/mol. The number of hydrogen-bond donors (Lipinski definition) is 1. The predicted molar refractivity (Wildman–Crippen MR) is 94.6 cm³/mol. The van der Waals surface area contributed by atoms with Gasteiger partial charge in [0.15, 0.2) is 0 Å². The fourth-order valence-electron chi connectivity index (χ4n) is 3.23. The van der Waals surface area contributed by atoms with Gasteiger partial charge in [-0.1, -0.05) is 12.1 Å². The molecule has 130 valence electrons. The molecule has 0 aromatic heterocycles. The standard InChI is InChI=1S/C19H27N3O2/c1-21(2)17-9-5-14(6-10-17)12-20-18(23)16-4-3-11-22(13-16)19(24)15-7-8-15/h5-6,9-10,15-16H,3-4,7-8,11-13H2,1-2H3,(H,20,23)/t16-/m0/s1. The summed E-state index contributed by atoms with van der Waals surface area (Å²) in [6.07, 6.45) is 3.85. The fourth-order valence-corrected chi connectivity index (χ4v) is 3.23. The van der Waals surface area contributed by atoms with E-state index in [2.05, 4.69) is 22.3 Å².